The number of piperazine rings is 1. The van der Waals surface area contributed by atoms with E-state index in [0.29, 0.717) is 12.5 Å². The van der Waals surface area contributed by atoms with E-state index in [-0.39, 0.29) is 5.91 Å². The summed E-state index contributed by atoms with van der Waals surface area (Å²) in [5.41, 5.74) is 1.28. The van der Waals surface area contributed by atoms with E-state index in [1.54, 1.807) is 0 Å². The van der Waals surface area contributed by atoms with Crippen LogP contribution >= 0.6 is 0 Å². The first kappa shape index (κ1) is 17.6. The van der Waals surface area contributed by atoms with Crippen molar-refractivity contribution in [2.24, 2.45) is 4.99 Å². The molecule has 1 saturated carbocycles. The number of rotatable bonds is 6. The summed E-state index contributed by atoms with van der Waals surface area (Å²) in [5.74, 6) is 1.12. The van der Waals surface area contributed by atoms with Crippen LogP contribution in [-0.2, 0) is 4.79 Å². The second-order valence-corrected chi connectivity index (χ2v) is 6.73. The minimum atomic E-state index is 0.177. The first-order valence-electron chi connectivity index (χ1n) is 9.31. The highest BCUT2D eigenvalue weighted by molar-refractivity contribution is 5.80. The first-order chi connectivity index (χ1) is 12.3. The Balaban J connectivity index is 1.36. The van der Waals surface area contributed by atoms with Crippen molar-refractivity contribution in [2.75, 3.05) is 44.7 Å². The average Bonchev–Trinajstić information content (AvgIpc) is 3.47. The summed E-state index contributed by atoms with van der Waals surface area (Å²) in [7, 11) is 1.83. The van der Waals surface area contributed by atoms with Crippen LogP contribution in [0.4, 0.5) is 5.69 Å². The number of carbonyl (C=O) groups is 1. The monoisotopic (exact) mass is 343 g/mol. The maximum atomic E-state index is 11.7. The number of benzene rings is 1. The molecule has 2 fully saturated rings. The molecule has 0 spiro atoms. The summed E-state index contributed by atoms with van der Waals surface area (Å²) in [6.07, 6.45) is 3.71. The molecule has 6 nitrogen and oxygen atoms in total. The molecule has 0 aromatic heterocycles. The summed E-state index contributed by atoms with van der Waals surface area (Å²) in [4.78, 5) is 20.8. The van der Waals surface area contributed by atoms with Crippen molar-refractivity contribution in [3.05, 3.63) is 30.3 Å². The highest BCUT2D eigenvalue weighted by Gasteiger charge is 2.23. The number of nitrogens with zero attached hydrogens (tertiary/aromatic N) is 3. The minimum absolute atomic E-state index is 0.177. The van der Waals surface area contributed by atoms with Gasteiger partial charge in [-0.25, -0.2) is 0 Å². The van der Waals surface area contributed by atoms with Crippen molar-refractivity contribution in [3.63, 3.8) is 0 Å². The zero-order valence-electron chi connectivity index (χ0n) is 15.1. The third-order valence-corrected chi connectivity index (χ3v) is 4.72. The second kappa shape index (κ2) is 8.74. The Hall–Kier alpha value is -2.24. The molecule has 1 aromatic rings. The van der Waals surface area contributed by atoms with Gasteiger partial charge in [0.25, 0.3) is 0 Å². The number of hydrogen-bond acceptors (Lipinski definition) is 3. The third kappa shape index (κ3) is 5.37. The lowest BCUT2D eigenvalue weighted by Gasteiger charge is -2.37. The van der Waals surface area contributed by atoms with Crippen molar-refractivity contribution in [1.29, 1.82) is 0 Å². The van der Waals surface area contributed by atoms with Gasteiger partial charge in [0, 0.05) is 57.9 Å². The quantitative estimate of drug-likeness (QED) is 0.466. The van der Waals surface area contributed by atoms with Gasteiger partial charge in [-0.05, 0) is 31.4 Å². The van der Waals surface area contributed by atoms with E-state index >= 15 is 0 Å². The molecule has 2 N–H and O–H groups in total. The predicted octanol–water partition coefficient (Wildman–Crippen LogP) is 1.44. The summed E-state index contributed by atoms with van der Waals surface area (Å²) in [5, 5.41) is 6.42. The SMILES string of the molecule is CN=C(NCCCC(=O)NC1CC1)N1CCN(c2ccccc2)CC1. The van der Waals surface area contributed by atoms with Gasteiger partial charge in [-0.15, -0.1) is 0 Å². The average molecular weight is 343 g/mol. The number of anilines is 1. The van der Waals surface area contributed by atoms with Crippen molar-refractivity contribution in [3.8, 4) is 0 Å². The number of guanidine groups is 1. The number of amides is 1. The molecular weight excluding hydrogens is 314 g/mol. The highest BCUT2D eigenvalue weighted by atomic mass is 16.1. The van der Waals surface area contributed by atoms with Gasteiger partial charge in [0.2, 0.25) is 5.91 Å². The van der Waals surface area contributed by atoms with Gasteiger partial charge in [0.15, 0.2) is 5.96 Å². The number of nitrogens with one attached hydrogen (secondary N) is 2. The normalized spacial score (nSPS) is 18.2. The van der Waals surface area contributed by atoms with Gasteiger partial charge >= 0.3 is 0 Å². The van der Waals surface area contributed by atoms with E-state index in [0.717, 1.165) is 57.9 Å². The van der Waals surface area contributed by atoms with E-state index in [2.05, 4.69) is 55.8 Å². The molecule has 0 unspecified atom stereocenters. The second-order valence-electron chi connectivity index (χ2n) is 6.73. The molecular formula is C19H29N5O. The van der Waals surface area contributed by atoms with Crippen LogP contribution in [0, 0.1) is 0 Å². The Kier molecular flexibility index (Phi) is 6.14. The van der Waals surface area contributed by atoms with Crippen molar-refractivity contribution in [2.45, 2.75) is 31.7 Å². The molecule has 1 amide bonds. The van der Waals surface area contributed by atoms with Crippen molar-refractivity contribution in [1.82, 2.24) is 15.5 Å². The highest BCUT2D eigenvalue weighted by Crippen LogP contribution is 2.18. The topological polar surface area (TPSA) is 60.0 Å². The third-order valence-electron chi connectivity index (χ3n) is 4.72. The summed E-state index contributed by atoms with van der Waals surface area (Å²) < 4.78 is 0. The molecule has 1 aromatic carbocycles. The number of hydrogen-bond donors (Lipinski definition) is 2. The molecule has 25 heavy (non-hydrogen) atoms. The lowest BCUT2D eigenvalue weighted by Crippen LogP contribution is -2.52. The lowest BCUT2D eigenvalue weighted by molar-refractivity contribution is -0.121. The van der Waals surface area contributed by atoms with Gasteiger partial charge in [-0.2, -0.15) is 0 Å². The Bertz CT molecular complexity index is 577. The van der Waals surface area contributed by atoms with E-state index in [9.17, 15) is 4.79 Å². The molecule has 1 aliphatic carbocycles. The molecule has 3 rings (SSSR count). The molecule has 1 saturated heterocycles. The summed E-state index contributed by atoms with van der Waals surface area (Å²) >= 11 is 0. The molecule has 6 heteroatoms. The predicted molar refractivity (Wildman–Crippen MR) is 102 cm³/mol. The number of aliphatic imine (C=N–C) groups is 1. The van der Waals surface area contributed by atoms with Crippen LogP contribution in [0.3, 0.4) is 0 Å². The van der Waals surface area contributed by atoms with Crippen LogP contribution in [0.2, 0.25) is 0 Å². The maximum Gasteiger partial charge on any atom is 0.220 e. The van der Waals surface area contributed by atoms with E-state index < -0.39 is 0 Å². The summed E-state index contributed by atoms with van der Waals surface area (Å²) in [6, 6.07) is 11.0. The molecule has 0 radical (unpaired) electrons. The van der Waals surface area contributed by atoms with Gasteiger partial charge in [0.05, 0.1) is 0 Å². The van der Waals surface area contributed by atoms with Gasteiger partial charge in [-0.3, -0.25) is 9.79 Å². The van der Waals surface area contributed by atoms with Gasteiger partial charge in [-0.1, -0.05) is 18.2 Å². The van der Waals surface area contributed by atoms with Gasteiger partial charge in [0.1, 0.15) is 0 Å². The van der Waals surface area contributed by atoms with E-state index in [4.69, 9.17) is 0 Å². The van der Waals surface area contributed by atoms with Crippen molar-refractivity contribution < 1.29 is 4.79 Å². The van der Waals surface area contributed by atoms with E-state index in [1.807, 2.05) is 7.05 Å². The summed E-state index contributed by atoms with van der Waals surface area (Å²) in [6.45, 7) is 4.68. The molecule has 1 heterocycles. The van der Waals surface area contributed by atoms with E-state index in [1.165, 1.54) is 5.69 Å². The molecule has 2 aliphatic rings. The molecule has 136 valence electrons. The smallest absolute Gasteiger partial charge is 0.220 e. The van der Waals surface area contributed by atoms with Crippen LogP contribution in [0.1, 0.15) is 25.7 Å². The maximum absolute atomic E-state index is 11.7. The lowest BCUT2D eigenvalue weighted by atomic mass is 10.2. The van der Waals surface area contributed by atoms with Crippen LogP contribution in [0.15, 0.2) is 35.3 Å². The number of carbonyl (C=O) groups excluding carboxylic acids is 1. The fraction of sp³-hybridized carbons (Fsp3) is 0.579. The Morgan fingerprint density at radius 3 is 2.52 bits per heavy atom. The standard InChI is InChI=1S/C19H29N5O/c1-20-19(21-11-5-8-18(25)22-16-9-10-16)24-14-12-23(13-15-24)17-6-3-2-4-7-17/h2-4,6-7,16H,5,8-15H2,1H3,(H,20,21)(H,22,25). The minimum Gasteiger partial charge on any atom is -0.368 e. The van der Waals surface area contributed by atoms with Crippen molar-refractivity contribution >= 4 is 17.6 Å². The van der Waals surface area contributed by atoms with Crippen LogP contribution in [0.25, 0.3) is 0 Å². The van der Waals surface area contributed by atoms with Crippen LogP contribution < -0.4 is 15.5 Å². The molecule has 1 aliphatic heterocycles. The zero-order chi connectivity index (χ0) is 17.5. The van der Waals surface area contributed by atoms with Gasteiger partial charge < -0.3 is 20.4 Å². The number of para-hydroxylation sites is 1. The molecule has 0 bridgehead atoms. The fourth-order valence-electron chi connectivity index (χ4n) is 3.12. The zero-order valence-corrected chi connectivity index (χ0v) is 15.1. The van der Waals surface area contributed by atoms with Crippen LogP contribution in [0.5, 0.6) is 0 Å². The molecule has 0 atom stereocenters. The fourth-order valence-corrected chi connectivity index (χ4v) is 3.12. The van der Waals surface area contributed by atoms with Crippen LogP contribution in [-0.4, -0.2) is 62.6 Å². The largest absolute Gasteiger partial charge is 0.368 e. The Labute approximate surface area is 150 Å². The Morgan fingerprint density at radius 2 is 1.88 bits per heavy atom. The Morgan fingerprint density at radius 1 is 1.16 bits per heavy atom. The first-order valence-corrected chi connectivity index (χ1v) is 9.31.